The van der Waals surface area contributed by atoms with Crippen molar-refractivity contribution >= 4 is 11.9 Å². The molecule has 0 radical (unpaired) electrons. The number of amides is 1. The number of carbonyl (C=O) groups excluding carboxylic acids is 2. The predicted molar refractivity (Wildman–Crippen MR) is 69.5 cm³/mol. The summed E-state index contributed by atoms with van der Waals surface area (Å²) in [6.45, 7) is 2.17. The first kappa shape index (κ1) is 13.5. The number of esters is 1. The zero-order valence-corrected chi connectivity index (χ0v) is 11.2. The van der Waals surface area contributed by atoms with Gasteiger partial charge in [-0.25, -0.2) is 0 Å². The number of methoxy groups -OCH3 is 1. The van der Waals surface area contributed by atoms with E-state index in [-0.39, 0.29) is 23.8 Å². The molecule has 0 aromatic carbocycles. The van der Waals surface area contributed by atoms with E-state index in [9.17, 15) is 9.59 Å². The van der Waals surface area contributed by atoms with Gasteiger partial charge in [-0.05, 0) is 25.0 Å². The van der Waals surface area contributed by atoms with E-state index in [0.29, 0.717) is 12.1 Å². The molecule has 19 heavy (non-hydrogen) atoms. The fourth-order valence-electron chi connectivity index (χ4n) is 2.01. The second kappa shape index (κ2) is 5.82. The number of aromatic nitrogens is 1. The molecular weight excluding hydrogens is 244 g/mol. The van der Waals surface area contributed by atoms with Crippen molar-refractivity contribution in [1.82, 2.24) is 9.88 Å². The standard InChI is InChI=1S/C14H18N2O3/c1-10(14(18)19-2)9-16(12-5-6-12)13(17)11-4-3-7-15-8-11/h3-4,7-8,10,12H,5-6,9H2,1-2H3. The van der Waals surface area contributed by atoms with Gasteiger partial charge in [0.05, 0.1) is 18.6 Å². The minimum atomic E-state index is -0.314. The first-order valence-electron chi connectivity index (χ1n) is 6.42. The quantitative estimate of drug-likeness (QED) is 0.754. The number of pyridine rings is 1. The van der Waals surface area contributed by atoms with E-state index in [0.717, 1.165) is 12.8 Å². The second-order valence-electron chi connectivity index (χ2n) is 4.85. The lowest BCUT2D eigenvalue weighted by Crippen LogP contribution is -2.38. The third-order valence-electron chi connectivity index (χ3n) is 3.23. The van der Waals surface area contributed by atoms with Crippen LogP contribution in [0.4, 0.5) is 0 Å². The molecule has 1 amide bonds. The third kappa shape index (κ3) is 3.30. The molecule has 5 nitrogen and oxygen atoms in total. The molecule has 2 rings (SSSR count). The summed E-state index contributed by atoms with van der Waals surface area (Å²) >= 11 is 0. The van der Waals surface area contributed by atoms with E-state index < -0.39 is 0 Å². The number of nitrogens with zero attached hydrogens (tertiary/aromatic N) is 2. The number of carbonyl (C=O) groups is 2. The average molecular weight is 262 g/mol. The molecule has 0 N–H and O–H groups in total. The average Bonchev–Trinajstić information content (AvgIpc) is 3.28. The Morgan fingerprint density at radius 2 is 2.26 bits per heavy atom. The topological polar surface area (TPSA) is 59.5 Å². The van der Waals surface area contributed by atoms with Crippen molar-refractivity contribution in [1.29, 1.82) is 0 Å². The molecule has 1 aliphatic carbocycles. The molecular formula is C14H18N2O3. The third-order valence-corrected chi connectivity index (χ3v) is 3.23. The molecule has 1 aromatic rings. The van der Waals surface area contributed by atoms with Crippen LogP contribution in [-0.4, -0.2) is 41.5 Å². The molecule has 1 saturated carbocycles. The van der Waals surface area contributed by atoms with Crippen LogP contribution in [0.3, 0.4) is 0 Å². The van der Waals surface area contributed by atoms with E-state index in [2.05, 4.69) is 4.98 Å². The number of hydrogen-bond acceptors (Lipinski definition) is 4. The lowest BCUT2D eigenvalue weighted by atomic mass is 10.1. The highest BCUT2D eigenvalue weighted by Crippen LogP contribution is 2.29. The van der Waals surface area contributed by atoms with Crippen molar-refractivity contribution in [2.24, 2.45) is 5.92 Å². The maximum Gasteiger partial charge on any atom is 0.310 e. The Labute approximate surface area is 112 Å². The van der Waals surface area contributed by atoms with Crippen LogP contribution in [0.15, 0.2) is 24.5 Å². The Morgan fingerprint density at radius 1 is 1.53 bits per heavy atom. The van der Waals surface area contributed by atoms with Gasteiger partial charge in [-0.1, -0.05) is 6.92 Å². The van der Waals surface area contributed by atoms with Crippen LogP contribution in [-0.2, 0) is 9.53 Å². The molecule has 0 aliphatic heterocycles. The van der Waals surface area contributed by atoms with Gasteiger partial charge in [-0.2, -0.15) is 0 Å². The minimum absolute atomic E-state index is 0.0636. The zero-order valence-electron chi connectivity index (χ0n) is 11.2. The number of ether oxygens (including phenoxy) is 1. The first-order chi connectivity index (χ1) is 9.13. The minimum Gasteiger partial charge on any atom is -0.469 e. The van der Waals surface area contributed by atoms with Crippen molar-refractivity contribution in [2.75, 3.05) is 13.7 Å². The van der Waals surface area contributed by atoms with Crippen LogP contribution >= 0.6 is 0 Å². The Balaban J connectivity index is 2.08. The lowest BCUT2D eigenvalue weighted by Gasteiger charge is -2.24. The van der Waals surface area contributed by atoms with Gasteiger partial charge in [0.15, 0.2) is 0 Å². The number of hydrogen-bond donors (Lipinski definition) is 0. The number of rotatable bonds is 5. The van der Waals surface area contributed by atoms with Gasteiger partial charge in [-0.3, -0.25) is 14.6 Å². The first-order valence-corrected chi connectivity index (χ1v) is 6.42. The molecule has 0 bridgehead atoms. The molecule has 1 heterocycles. The summed E-state index contributed by atoms with van der Waals surface area (Å²) in [6, 6.07) is 3.73. The van der Waals surface area contributed by atoms with Crippen molar-refractivity contribution < 1.29 is 14.3 Å². The van der Waals surface area contributed by atoms with Crippen LogP contribution in [0.1, 0.15) is 30.1 Å². The SMILES string of the molecule is COC(=O)C(C)CN(C(=O)c1cccnc1)C1CC1. The smallest absolute Gasteiger partial charge is 0.310 e. The monoisotopic (exact) mass is 262 g/mol. The largest absolute Gasteiger partial charge is 0.469 e. The van der Waals surface area contributed by atoms with Crippen molar-refractivity contribution in [2.45, 2.75) is 25.8 Å². The highest BCUT2D eigenvalue weighted by atomic mass is 16.5. The van der Waals surface area contributed by atoms with Crippen LogP contribution in [0, 0.1) is 5.92 Å². The molecule has 102 valence electrons. The highest BCUT2D eigenvalue weighted by Gasteiger charge is 2.35. The molecule has 0 saturated heterocycles. The Hall–Kier alpha value is -1.91. The fourth-order valence-corrected chi connectivity index (χ4v) is 2.01. The fraction of sp³-hybridized carbons (Fsp3) is 0.500. The maximum absolute atomic E-state index is 12.4. The molecule has 1 fully saturated rings. The summed E-state index contributed by atoms with van der Waals surface area (Å²) in [5.41, 5.74) is 0.562. The second-order valence-corrected chi connectivity index (χ2v) is 4.85. The summed E-state index contributed by atoms with van der Waals surface area (Å²) in [5.74, 6) is -0.665. The van der Waals surface area contributed by atoms with Gasteiger partial charge in [0.25, 0.3) is 5.91 Å². The molecule has 1 atom stereocenters. The van der Waals surface area contributed by atoms with Gasteiger partial charge in [-0.15, -0.1) is 0 Å². The van der Waals surface area contributed by atoms with Gasteiger partial charge < -0.3 is 9.64 Å². The zero-order chi connectivity index (χ0) is 13.8. The molecule has 0 spiro atoms. The molecule has 5 heteroatoms. The summed E-state index contributed by atoms with van der Waals surface area (Å²) in [6.07, 6.45) is 5.19. The van der Waals surface area contributed by atoms with Crippen LogP contribution in [0.5, 0.6) is 0 Å². The van der Waals surface area contributed by atoms with Gasteiger partial charge in [0, 0.05) is 25.0 Å². The Kier molecular flexibility index (Phi) is 4.14. The lowest BCUT2D eigenvalue weighted by molar-refractivity contribution is -0.145. The van der Waals surface area contributed by atoms with Crippen molar-refractivity contribution in [3.8, 4) is 0 Å². The van der Waals surface area contributed by atoms with Crippen LogP contribution in [0.2, 0.25) is 0 Å². The van der Waals surface area contributed by atoms with Gasteiger partial charge in [0.1, 0.15) is 0 Å². The van der Waals surface area contributed by atoms with E-state index in [1.165, 1.54) is 7.11 Å². The normalized spacial score (nSPS) is 15.7. The van der Waals surface area contributed by atoms with E-state index in [4.69, 9.17) is 4.74 Å². The Bertz CT molecular complexity index is 457. The van der Waals surface area contributed by atoms with E-state index in [1.807, 2.05) is 0 Å². The van der Waals surface area contributed by atoms with Gasteiger partial charge >= 0.3 is 5.97 Å². The highest BCUT2D eigenvalue weighted by molar-refractivity contribution is 5.94. The predicted octanol–water partition coefficient (Wildman–Crippen LogP) is 1.50. The summed E-state index contributed by atoms with van der Waals surface area (Å²) in [4.78, 5) is 29.6. The van der Waals surface area contributed by atoms with Crippen LogP contribution in [0.25, 0.3) is 0 Å². The summed E-state index contributed by atoms with van der Waals surface area (Å²) < 4.78 is 4.71. The van der Waals surface area contributed by atoms with Crippen molar-refractivity contribution in [3.05, 3.63) is 30.1 Å². The van der Waals surface area contributed by atoms with E-state index >= 15 is 0 Å². The summed E-state index contributed by atoms with van der Waals surface area (Å²) in [5, 5.41) is 0. The van der Waals surface area contributed by atoms with E-state index in [1.54, 1.807) is 36.4 Å². The van der Waals surface area contributed by atoms with Crippen molar-refractivity contribution in [3.63, 3.8) is 0 Å². The Morgan fingerprint density at radius 3 is 2.79 bits per heavy atom. The van der Waals surface area contributed by atoms with Crippen LogP contribution < -0.4 is 0 Å². The molecule has 1 aliphatic rings. The maximum atomic E-state index is 12.4. The van der Waals surface area contributed by atoms with Gasteiger partial charge in [0.2, 0.25) is 0 Å². The molecule has 1 unspecified atom stereocenters. The summed E-state index contributed by atoms with van der Waals surface area (Å²) in [7, 11) is 1.36. The molecule has 1 aromatic heterocycles.